The number of nitrogens with zero attached hydrogens (tertiary/aromatic N) is 4. The van der Waals surface area contributed by atoms with Crippen molar-refractivity contribution in [3.63, 3.8) is 0 Å². The van der Waals surface area contributed by atoms with Crippen molar-refractivity contribution in [1.29, 1.82) is 0 Å². The molecule has 8 nitrogen and oxygen atoms in total. The van der Waals surface area contributed by atoms with Gasteiger partial charge in [-0.15, -0.1) is 0 Å². The molecule has 9 heteroatoms. The molecule has 2 aliphatic heterocycles. The molecule has 4 heterocycles. The Bertz CT molecular complexity index is 1360. The summed E-state index contributed by atoms with van der Waals surface area (Å²) in [5.74, 6) is 1.50. The summed E-state index contributed by atoms with van der Waals surface area (Å²) in [6.07, 6.45) is 4.57. The molecule has 6 rings (SSSR count). The van der Waals surface area contributed by atoms with Gasteiger partial charge in [0.05, 0.1) is 35.8 Å². The quantitative estimate of drug-likeness (QED) is 0.412. The number of benzene rings is 2. The first-order valence-electron chi connectivity index (χ1n) is 12.2. The molecule has 1 fully saturated rings. The van der Waals surface area contributed by atoms with Gasteiger partial charge in [-0.05, 0) is 30.5 Å². The third kappa shape index (κ3) is 3.86. The number of hydrogen-bond acceptors (Lipinski definition) is 6. The first kappa shape index (κ1) is 22.4. The second-order valence-electron chi connectivity index (χ2n) is 9.11. The van der Waals surface area contributed by atoms with E-state index in [1.54, 1.807) is 6.33 Å². The number of fused-ring (bicyclic) bond motifs is 2. The van der Waals surface area contributed by atoms with Crippen LogP contribution >= 0.6 is 11.6 Å². The average molecular weight is 493 g/mol. The number of imidazole rings is 1. The molecule has 2 N–H and O–H groups in total. The molecule has 2 aromatic carbocycles. The summed E-state index contributed by atoms with van der Waals surface area (Å²) < 4.78 is 14.0. The predicted molar refractivity (Wildman–Crippen MR) is 136 cm³/mol. The van der Waals surface area contributed by atoms with Crippen LogP contribution in [0.3, 0.4) is 0 Å². The largest absolute Gasteiger partial charge is 0.453 e. The summed E-state index contributed by atoms with van der Waals surface area (Å²) in [5.41, 5.74) is 6.06. The first-order valence-corrected chi connectivity index (χ1v) is 12.5. The van der Waals surface area contributed by atoms with Crippen LogP contribution in [0, 0.1) is 6.92 Å². The Balaban J connectivity index is 1.65. The Morgan fingerprint density at radius 3 is 2.83 bits per heavy atom. The smallest absolute Gasteiger partial charge is 0.231 e. The van der Waals surface area contributed by atoms with Crippen molar-refractivity contribution in [3.05, 3.63) is 58.8 Å². The lowest BCUT2D eigenvalue weighted by Gasteiger charge is -2.33. The van der Waals surface area contributed by atoms with Crippen molar-refractivity contribution in [2.75, 3.05) is 33.0 Å². The van der Waals surface area contributed by atoms with Crippen LogP contribution in [0.2, 0.25) is 5.02 Å². The Kier molecular flexibility index (Phi) is 5.88. The molecule has 0 saturated carbocycles. The molecule has 0 radical (unpaired) electrons. The zero-order chi connectivity index (χ0) is 23.9. The lowest BCUT2D eigenvalue weighted by Crippen LogP contribution is -2.45. The Morgan fingerprint density at radius 2 is 2.06 bits per heavy atom. The zero-order valence-electron chi connectivity index (χ0n) is 20.0. The Labute approximate surface area is 209 Å². The molecule has 35 heavy (non-hydrogen) atoms. The van der Waals surface area contributed by atoms with E-state index in [1.807, 2.05) is 18.3 Å². The van der Waals surface area contributed by atoms with Gasteiger partial charge in [-0.1, -0.05) is 30.7 Å². The maximum Gasteiger partial charge on any atom is 0.231 e. The van der Waals surface area contributed by atoms with Gasteiger partial charge in [-0.2, -0.15) is 5.10 Å². The van der Waals surface area contributed by atoms with Crippen LogP contribution in [-0.2, 0) is 6.54 Å². The maximum absolute atomic E-state index is 6.60. The fourth-order valence-corrected chi connectivity index (χ4v) is 5.54. The van der Waals surface area contributed by atoms with E-state index >= 15 is 0 Å². The van der Waals surface area contributed by atoms with Gasteiger partial charge in [0.2, 0.25) is 6.79 Å². The number of piperazine rings is 1. The molecule has 0 spiro atoms. The molecule has 1 saturated heterocycles. The van der Waals surface area contributed by atoms with Crippen LogP contribution in [0.5, 0.6) is 11.5 Å². The van der Waals surface area contributed by atoms with E-state index in [4.69, 9.17) is 26.2 Å². The van der Waals surface area contributed by atoms with E-state index in [9.17, 15) is 0 Å². The van der Waals surface area contributed by atoms with Gasteiger partial charge < -0.3 is 19.8 Å². The highest BCUT2D eigenvalue weighted by Gasteiger charge is 2.32. The average Bonchev–Trinajstić information content (AvgIpc) is 3.63. The summed E-state index contributed by atoms with van der Waals surface area (Å²) in [6, 6.07) is 8.27. The molecule has 2 aliphatic rings. The highest BCUT2D eigenvalue weighted by molar-refractivity contribution is 6.31. The summed E-state index contributed by atoms with van der Waals surface area (Å²) in [4.78, 5) is 10.0. The summed E-state index contributed by atoms with van der Waals surface area (Å²) in [7, 11) is 0. The fourth-order valence-electron chi connectivity index (χ4n) is 5.36. The Hall–Kier alpha value is -3.07. The van der Waals surface area contributed by atoms with E-state index in [0.717, 1.165) is 88.1 Å². The van der Waals surface area contributed by atoms with Gasteiger partial charge in [0, 0.05) is 54.4 Å². The van der Waals surface area contributed by atoms with Crippen LogP contribution in [0.4, 0.5) is 0 Å². The topological polar surface area (TPSA) is 80.2 Å². The third-order valence-electron chi connectivity index (χ3n) is 7.10. The number of halogens is 1. The van der Waals surface area contributed by atoms with E-state index < -0.39 is 0 Å². The van der Waals surface area contributed by atoms with Crippen molar-refractivity contribution >= 4 is 22.5 Å². The molecular formula is C26H29ClN6O2. The van der Waals surface area contributed by atoms with E-state index in [1.165, 1.54) is 0 Å². The number of H-pyrrole nitrogens is 1. The molecule has 4 aromatic rings. The fraction of sp³-hybridized carbons (Fsp3) is 0.385. The minimum atomic E-state index is 0.179. The highest BCUT2D eigenvalue weighted by atomic mass is 35.5. The molecule has 0 amide bonds. The molecule has 1 unspecified atom stereocenters. The lowest BCUT2D eigenvalue weighted by atomic mass is 9.92. The standard InChI is InChI=1S/C26H29ClN6O2/c1-3-20(32-9-7-28-8-10-32)25-24-21(33(31-25)13-17-12-29-14-30-17)11-22-26(35-15-34-22)23(24)18-5-4-6-19(27)16(18)2/h4-6,11-12,14,20,28H,3,7-10,13,15H2,1-2H3,(H,29,30). The van der Waals surface area contributed by atoms with Crippen molar-refractivity contribution in [3.8, 4) is 22.6 Å². The first-order chi connectivity index (χ1) is 17.2. The summed E-state index contributed by atoms with van der Waals surface area (Å²) in [5, 5.41) is 10.5. The minimum absolute atomic E-state index is 0.179. The SMILES string of the molecule is CCC(c1nn(Cc2c[nH]cn2)c2cc3c(c(-c4cccc(Cl)c4C)c12)OCO3)N1CCNCC1. The third-order valence-corrected chi connectivity index (χ3v) is 7.51. The van der Waals surface area contributed by atoms with Gasteiger partial charge in [0.1, 0.15) is 0 Å². The Morgan fingerprint density at radius 1 is 1.20 bits per heavy atom. The number of aromatic nitrogens is 4. The zero-order valence-corrected chi connectivity index (χ0v) is 20.7. The molecule has 0 aliphatic carbocycles. The van der Waals surface area contributed by atoms with Crippen molar-refractivity contribution in [1.82, 2.24) is 30.0 Å². The summed E-state index contributed by atoms with van der Waals surface area (Å²) >= 11 is 6.60. The van der Waals surface area contributed by atoms with Gasteiger partial charge in [-0.3, -0.25) is 9.58 Å². The second-order valence-corrected chi connectivity index (χ2v) is 9.51. The van der Waals surface area contributed by atoms with Gasteiger partial charge >= 0.3 is 0 Å². The minimum Gasteiger partial charge on any atom is -0.453 e. The normalized spacial score (nSPS) is 16.8. The second kappa shape index (κ2) is 9.18. The van der Waals surface area contributed by atoms with E-state index in [2.05, 4.69) is 50.8 Å². The van der Waals surface area contributed by atoms with Gasteiger partial charge in [-0.25, -0.2) is 4.98 Å². The number of nitrogens with one attached hydrogen (secondary N) is 2. The van der Waals surface area contributed by atoms with Crippen molar-refractivity contribution in [2.45, 2.75) is 32.9 Å². The number of rotatable bonds is 6. The lowest BCUT2D eigenvalue weighted by molar-refractivity contribution is 0.166. The van der Waals surface area contributed by atoms with Crippen molar-refractivity contribution < 1.29 is 9.47 Å². The van der Waals surface area contributed by atoms with Gasteiger partial charge in [0.25, 0.3) is 0 Å². The van der Waals surface area contributed by atoms with E-state index in [-0.39, 0.29) is 12.8 Å². The van der Waals surface area contributed by atoms with Crippen LogP contribution in [-0.4, -0.2) is 57.6 Å². The van der Waals surface area contributed by atoms with Gasteiger partial charge in [0.15, 0.2) is 11.5 Å². The molecule has 0 bridgehead atoms. The number of ether oxygens (including phenoxy) is 2. The molecule has 1 atom stereocenters. The van der Waals surface area contributed by atoms with Crippen LogP contribution in [0.25, 0.3) is 22.0 Å². The molecule has 2 aromatic heterocycles. The number of hydrogen-bond donors (Lipinski definition) is 2. The van der Waals surface area contributed by atoms with Crippen LogP contribution in [0.15, 0.2) is 36.8 Å². The number of aromatic amines is 1. The van der Waals surface area contributed by atoms with E-state index in [0.29, 0.717) is 6.54 Å². The monoisotopic (exact) mass is 492 g/mol. The van der Waals surface area contributed by atoms with Crippen molar-refractivity contribution in [2.24, 2.45) is 0 Å². The van der Waals surface area contributed by atoms with Crippen LogP contribution in [0.1, 0.15) is 36.3 Å². The predicted octanol–water partition coefficient (Wildman–Crippen LogP) is 4.52. The molecule has 182 valence electrons. The van der Waals surface area contributed by atoms with Crippen LogP contribution < -0.4 is 14.8 Å². The molecular weight excluding hydrogens is 464 g/mol. The summed E-state index contributed by atoms with van der Waals surface area (Å²) in [6.45, 7) is 8.99. The maximum atomic E-state index is 6.60. The highest BCUT2D eigenvalue weighted by Crippen LogP contribution is 2.50.